The molecule has 3 N–H and O–H groups in total. The Kier molecular flexibility index (Phi) is 5.96. The topological polar surface area (TPSA) is 99.0 Å². The molecule has 0 atom stereocenters. The van der Waals surface area contributed by atoms with Crippen molar-refractivity contribution in [2.45, 2.75) is 13.3 Å². The third-order valence-corrected chi connectivity index (χ3v) is 1.42. The van der Waals surface area contributed by atoms with E-state index in [9.17, 15) is 9.59 Å². The van der Waals surface area contributed by atoms with Gasteiger partial charge in [0.25, 0.3) is 5.91 Å². The van der Waals surface area contributed by atoms with E-state index < -0.39 is 5.97 Å². The minimum absolute atomic E-state index is 0.0408. The number of aliphatic hydroxyl groups is 1. The molecular formula is C9H14N2O4. The summed E-state index contributed by atoms with van der Waals surface area (Å²) in [6, 6.07) is 0. The zero-order valence-corrected chi connectivity index (χ0v) is 8.49. The number of aliphatic carboxylic acids is 1. The third-order valence-electron chi connectivity index (χ3n) is 1.42. The van der Waals surface area contributed by atoms with Gasteiger partial charge in [0.1, 0.15) is 5.84 Å². The average Bonchev–Trinajstić information content (AvgIpc) is 2.53. The highest BCUT2D eigenvalue weighted by Gasteiger charge is 2.10. The molecule has 0 spiro atoms. The van der Waals surface area contributed by atoms with Crippen molar-refractivity contribution in [1.29, 1.82) is 0 Å². The van der Waals surface area contributed by atoms with Gasteiger partial charge in [-0.3, -0.25) is 4.79 Å². The highest BCUT2D eigenvalue weighted by atomic mass is 16.4. The second-order valence-electron chi connectivity index (χ2n) is 2.86. The molecule has 0 aromatic carbocycles. The number of rotatable bonds is 3. The van der Waals surface area contributed by atoms with Gasteiger partial charge < -0.3 is 15.5 Å². The molecule has 0 saturated carbocycles. The molecule has 0 bridgehead atoms. The van der Waals surface area contributed by atoms with Gasteiger partial charge in [0.15, 0.2) is 0 Å². The van der Waals surface area contributed by atoms with E-state index in [0.29, 0.717) is 12.3 Å². The molecule has 1 aliphatic rings. The first kappa shape index (κ1) is 13.3. The summed E-state index contributed by atoms with van der Waals surface area (Å²) in [5.41, 5.74) is 0.176. The Balaban J connectivity index is 0.000000288. The van der Waals surface area contributed by atoms with Crippen LogP contribution in [-0.4, -0.2) is 41.1 Å². The van der Waals surface area contributed by atoms with Gasteiger partial charge in [0.2, 0.25) is 0 Å². The van der Waals surface area contributed by atoms with Crippen molar-refractivity contribution in [1.82, 2.24) is 5.32 Å². The van der Waals surface area contributed by atoms with Crippen molar-refractivity contribution in [2.24, 2.45) is 4.99 Å². The zero-order chi connectivity index (χ0) is 11.8. The minimum atomic E-state index is -0.935. The lowest BCUT2D eigenvalue weighted by molar-refractivity contribution is -0.132. The molecule has 6 nitrogen and oxygen atoms in total. The second-order valence-corrected chi connectivity index (χ2v) is 2.86. The monoisotopic (exact) mass is 214 g/mol. The molecule has 0 fully saturated rings. The number of carbonyl (C=O) groups is 2. The standard InChI is InChI=1S/C5H8N2O2.C4H6O2/c8-2-1-4-6-3-5(9)7-4;1-3(2)4(5)6/h8H,1-3H2,(H,6,7,9);1H2,2H3,(H,5,6). The molecule has 0 aromatic heterocycles. The lowest BCUT2D eigenvalue weighted by Gasteiger charge is -1.93. The maximum Gasteiger partial charge on any atom is 0.330 e. The maximum atomic E-state index is 10.4. The fourth-order valence-corrected chi connectivity index (χ4v) is 0.657. The Morgan fingerprint density at radius 2 is 2.20 bits per heavy atom. The molecule has 0 aliphatic carbocycles. The number of hydrogen-bond acceptors (Lipinski definition) is 4. The molecule has 1 amide bonds. The van der Waals surface area contributed by atoms with Crippen molar-refractivity contribution in [3.63, 3.8) is 0 Å². The lowest BCUT2D eigenvalue weighted by atomic mass is 10.4. The Hall–Kier alpha value is -1.69. The number of amides is 1. The Bertz CT molecular complexity index is 284. The van der Waals surface area contributed by atoms with Crippen molar-refractivity contribution in [2.75, 3.05) is 13.2 Å². The fourth-order valence-electron chi connectivity index (χ4n) is 0.657. The van der Waals surface area contributed by atoms with Crippen LogP contribution in [0.1, 0.15) is 13.3 Å². The van der Waals surface area contributed by atoms with E-state index in [1.54, 1.807) is 0 Å². The Labute approximate surface area is 87.3 Å². The van der Waals surface area contributed by atoms with Crippen molar-refractivity contribution in [3.8, 4) is 0 Å². The van der Waals surface area contributed by atoms with E-state index >= 15 is 0 Å². The van der Waals surface area contributed by atoms with Crippen LogP contribution in [0.15, 0.2) is 17.1 Å². The number of nitrogens with zero attached hydrogens (tertiary/aromatic N) is 1. The van der Waals surface area contributed by atoms with Crippen molar-refractivity contribution >= 4 is 17.7 Å². The smallest absolute Gasteiger partial charge is 0.330 e. The molecule has 1 heterocycles. The number of nitrogens with one attached hydrogen (secondary N) is 1. The van der Waals surface area contributed by atoms with Crippen LogP contribution >= 0.6 is 0 Å². The van der Waals surface area contributed by atoms with Crippen LogP contribution in [0.25, 0.3) is 0 Å². The lowest BCUT2D eigenvalue weighted by Crippen LogP contribution is -2.20. The molecule has 0 radical (unpaired) electrons. The van der Waals surface area contributed by atoms with Crippen molar-refractivity contribution in [3.05, 3.63) is 12.2 Å². The maximum absolute atomic E-state index is 10.4. The molecule has 0 aromatic rings. The quantitative estimate of drug-likeness (QED) is 0.552. The van der Waals surface area contributed by atoms with E-state index in [1.165, 1.54) is 6.92 Å². The van der Waals surface area contributed by atoms with Crippen LogP contribution < -0.4 is 5.32 Å². The summed E-state index contributed by atoms with van der Waals surface area (Å²) < 4.78 is 0. The number of hydrogen-bond donors (Lipinski definition) is 3. The van der Waals surface area contributed by atoms with Gasteiger partial charge in [-0.25, -0.2) is 4.79 Å². The Morgan fingerprint density at radius 1 is 1.67 bits per heavy atom. The molecule has 6 heteroatoms. The van der Waals surface area contributed by atoms with Crippen LogP contribution in [0.4, 0.5) is 0 Å². The van der Waals surface area contributed by atoms with Gasteiger partial charge in [0.05, 0.1) is 13.2 Å². The predicted octanol–water partition coefficient (Wildman–Crippen LogP) is -0.456. The van der Waals surface area contributed by atoms with Gasteiger partial charge in [-0.2, -0.15) is 4.99 Å². The molecular weight excluding hydrogens is 200 g/mol. The number of carboxylic acids is 1. The van der Waals surface area contributed by atoms with Gasteiger partial charge >= 0.3 is 5.97 Å². The van der Waals surface area contributed by atoms with Crippen LogP contribution in [-0.2, 0) is 9.59 Å². The first-order chi connectivity index (χ1) is 6.97. The highest BCUT2D eigenvalue weighted by molar-refractivity contribution is 6.01. The molecule has 84 valence electrons. The molecule has 1 aliphatic heterocycles. The number of amidine groups is 1. The normalized spacial score (nSPS) is 13.5. The average molecular weight is 214 g/mol. The van der Waals surface area contributed by atoms with E-state index in [-0.39, 0.29) is 24.6 Å². The van der Waals surface area contributed by atoms with Crippen LogP contribution in [0.3, 0.4) is 0 Å². The van der Waals surface area contributed by atoms with Crippen molar-refractivity contribution < 1.29 is 19.8 Å². The molecule has 0 unspecified atom stereocenters. The summed E-state index contributed by atoms with van der Waals surface area (Å²) in [4.78, 5) is 23.6. The summed E-state index contributed by atoms with van der Waals surface area (Å²) in [5.74, 6) is -0.490. The van der Waals surface area contributed by atoms with Gasteiger partial charge in [-0.15, -0.1) is 0 Å². The first-order valence-corrected chi connectivity index (χ1v) is 4.31. The molecule has 0 saturated heterocycles. The Morgan fingerprint density at radius 3 is 2.47 bits per heavy atom. The largest absolute Gasteiger partial charge is 0.478 e. The minimum Gasteiger partial charge on any atom is -0.478 e. The SMILES string of the molecule is C=C(C)C(=O)O.O=C1CNC(CCO)=N1. The number of aliphatic hydroxyl groups excluding tert-OH is 1. The van der Waals surface area contributed by atoms with E-state index in [2.05, 4.69) is 16.9 Å². The van der Waals surface area contributed by atoms with Crippen LogP contribution in [0.5, 0.6) is 0 Å². The van der Waals surface area contributed by atoms with Gasteiger partial charge in [-0.1, -0.05) is 6.58 Å². The summed E-state index contributed by atoms with van der Waals surface area (Å²) >= 11 is 0. The second kappa shape index (κ2) is 6.72. The summed E-state index contributed by atoms with van der Waals surface area (Å²) in [7, 11) is 0. The van der Waals surface area contributed by atoms with Crippen LogP contribution in [0, 0.1) is 0 Å². The summed E-state index contributed by atoms with van der Waals surface area (Å²) in [5, 5.41) is 19.0. The number of carboxylic acid groups (broad SMARTS) is 1. The molecule has 1 rings (SSSR count). The van der Waals surface area contributed by atoms with Gasteiger partial charge in [-0.05, 0) is 6.92 Å². The van der Waals surface area contributed by atoms with Gasteiger partial charge in [0, 0.05) is 12.0 Å². The highest BCUT2D eigenvalue weighted by Crippen LogP contribution is 1.90. The summed E-state index contributed by atoms with van der Waals surface area (Å²) in [6.07, 6.45) is 0.450. The molecule has 15 heavy (non-hydrogen) atoms. The van der Waals surface area contributed by atoms with Crippen LogP contribution in [0.2, 0.25) is 0 Å². The summed E-state index contributed by atoms with van der Waals surface area (Å²) in [6.45, 7) is 4.93. The zero-order valence-electron chi connectivity index (χ0n) is 8.49. The number of carbonyl (C=O) groups excluding carboxylic acids is 1. The van der Waals surface area contributed by atoms with E-state index in [4.69, 9.17) is 10.2 Å². The van der Waals surface area contributed by atoms with E-state index in [0.717, 1.165) is 0 Å². The first-order valence-electron chi connectivity index (χ1n) is 4.31. The fraction of sp³-hybridized carbons (Fsp3) is 0.444. The third kappa shape index (κ3) is 6.39. The van der Waals surface area contributed by atoms with E-state index in [1.807, 2.05) is 0 Å². The number of aliphatic imine (C=N–C) groups is 1. The predicted molar refractivity (Wildman–Crippen MR) is 54.6 cm³/mol.